The third-order valence-corrected chi connectivity index (χ3v) is 2.90. The Hall–Kier alpha value is -1.49. The van der Waals surface area contributed by atoms with Crippen LogP contribution in [0.3, 0.4) is 0 Å². The van der Waals surface area contributed by atoms with Crippen molar-refractivity contribution in [1.29, 1.82) is 0 Å². The fourth-order valence-electron chi connectivity index (χ4n) is 1.69. The Morgan fingerprint density at radius 2 is 2.35 bits per heavy atom. The predicted octanol–water partition coefficient (Wildman–Crippen LogP) is 0.495. The van der Waals surface area contributed by atoms with Crippen LogP contribution < -0.4 is 5.32 Å². The summed E-state index contributed by atoms with van der Waals surface area (Å²) >= 11 is 0. The normalized spacial score (nSPS) is 14.7. The first-order valence-corrected chi connectivity index (χ1v) is 5.91. The number of carbonyl (C=O) groups excluding carboxylic acids is 1. The van der Waals surface area contributed by atoms with Crippen LogP contribution in [0.1, 0.15) is 24.4 Å². The number of nitrogens with one attached hydrogen (secondary N) is 1. The molecule has 0 saturated heterocycles. The Morgan fingerprint density at radius 3 is 3.00 bits per heavy atom. The van der Waals surface area contributed by atoms with Gasteiger partial charge in [0.15, 0.2) is 0 Å². The number of nitrogens with zero attached hydrogens (tertiary/aromatic N) is 3. The number of aromatic nitrogens is 2. The summed E-state index contributed by atoms with van der Waals surface area (Å²) in [5.41, 5.74) is 0.916. The topological polar surface area (TPSA) is 58.1 Å². The van der Waals surface area contributed by atoms with Gasteiger partial charge >= 0.3 is 0 Å². The second-order valence-electron chi connectivity index (χ2n) is 4.43. The molecule has 0 radical (unpaired) electrons. The lowest BCUT2D eigenvalue weighted by Gasteiger charge is -2.16. The molecule has 0 aliphatic heterocycles. The van der Waals surface area contributed by atoms with Gasteiger partial charge < -0.3 is 10.2 Å². The standard InChI is InChI=1S/C12H18N4O/c1-9-14-6-5-10(15-9)7-13-8-12(17)16(2)11-3-4-11/h5-6,11,13H,3-4,7-8H2,1-2H3. The molecule has 1 aromatic rings. The van der Waals surface area contributed by atoms with Gasteiger partial charge in [-0.1, -0.05) is 0 Å². The van der Waals surface area contributed by atoms with Gasteiger partial charge in [0, 0.05) is 25.8 Å². The first kappa shape index (κ1) is 12.0. The molecule has 5 heteroatoms. The molecule has 5 nitrogen and oxygen atoms in total. The van der Waals surface area contributed by atoms with Gasteiger partial charge in [-0.3, -0.25) is 4.79 Å². The highest BCUT2D eigenvalue weighted by Gasteiger charge is 2.28. The van der Waals surface area contributed by atoms with Crippen molar-refractivity contribution < 1.29 is 4.79 Å². The molecule has 1 saturated carbocycles. The molecule has 1 aliphatic carbocycles. The maximum Gasteiger partial charge on any atom is 0.236 e. The van der Waals surface area contributed by atoms with E-state index in [-0.39, 0.29) is 5.91 Å². The molecule has 1 heterocycles. The summed E-state index contributed by atoms with van der Waals surface area (Å²) in [4.78, 5) is 21.8. The first-order valence-electron chi connectivity index (χ1n) is 5.91. The van der Waals surface area contributed by atoms with Crippen LogP contribution in [0.2, 0.25) is 0 Å². The lowest BCUT2D eigenvalue weighted by Crippen LogP contribution is -2.36. The summed E-state index contributed by atoms with van der Waals surface area (Å²) in [5.74, 6) is 0.906. The van der Waals surface area contributed by atoms with Crippen LogP contribution in [0.4, 0.5) is 0 Å². The largest absolute Gasteiger partial charge is 0.342 e. The zero-order valence-corrected chi connectivity index (χ0v) is 10.3. The molecule has 0 aromatic carbocycles. The van der Waals surface area contributed by atoms with E-state index in [4.69, 9.17) is 0 Å². The molecular weight excluding hydrogens is 216 g/mol. The minimum absolute atomic E-state index is 0.151. The highest BCUT2D eigenvalue weighted by atomic mass is 16.2. The molecule has 1 amide bonds. The average Bonchev–Trinajstić information content (AvgIpc) is 3.12. The van der Waals surface area contributed by atoms with Gasteiger partial charge in [0.25, 0.3) is 0 Å². The van der Waals surface area contributed by atoms with Gasteiger partial charge in [-0.05, 0) is 25.8 Å². The van der Waals surface area contributed by atoms with Crippen LogP contribution in [-0.2, 0) is 11.3 Å². The summed E-state index contributed by atoms with van der Waals surface area (Å²) in [6.07, 6.45) is 4.03. The van der Waals surface area contributed by atoms with Crippen LogP contribution >= 0.6 is 0 Å². The maximum absolute atomic E-state index is 11.7. The minimum atomic E-state index is 0.151. The lowest BCUT2D eigenvalue weighted by atomic mass is 10.4. The molecule has 1 fully saturated rings. The average molecular weight is 234 g/mol. The van der Waals surface area contributed by atoms with E-state index in [1.165, 1.54) is 0 Å². The number of carbonyl (C=O) groups is 1. The van der Waals surface area contributed by atoms with Crippen LogP contribution in [0.15, 0.2) is 12.3 Å². The Bertz CT molecular complexity index is 403. The number of aryl methyl sites for hydroxylation is 1. The molecule has 2 rings (SSSR count). The highest BCUT2D eigenvalue weighted by Crippen LogP contribution is 2.24. The van der Waals surface area contributed by atoms with Gasteiger partial charge in [0.1, 0.15) is 5.82 Å². The SMILES string of the molecule is Cc1nccc(CNCC(=O)N(C)C2CC2)n1. The Labute approximate surface area is 101 Å². The van der Waals surface area contributed by atoms with E-state index in [1.54, 1.807) is 6.20 Å². The van der Waals surface area contributed by atoms with Gasteiger partial charge in [-0.2, -0.15) is 0 Å². The van der Waals surface area contributed by atoms with Crippen molar-refractivity contribution in [1.82, 2.24) is 20.2 Å². The molecule has 0 spiro atoms. The molecule has 0 bridgehead atoms. The van der Waals surface area contributed by atoms with Crippen molar-refractivity contribution >= 4 is 5.91 Å². The second kappa shape index (κ2) is 5.23. The van der Waals surface area contributed by atoms with Crippen molar-refractivity contribution in [2.24, 2.45) is 0 Å². The van der Waals surface area contributed by atoms with E-state index >= 15 is 0 Å². The fraction of sp³-hybridized carbons (Fsp3) is 0.583. The Morgan fingerprint density at radius 1 is 1.59 bits per heavy atom. The third kappa shape index (κ3) is 3.49. The molecular formula is C12H18N4O. The molecule has 1 aliphatic rings. The van der Waals surface area contributed by atoms with Crippen LogP contribution in [-0.4, -0.2) is 40.4 Å². The molecule has 0 atom stereocenters. The Balaban J connectivity index is 1.73. The molecule has 1 N–H and O–H groups in total. The van der Waals surface area contributed by atoms with Gasteiger partial charge in [0.05, 0.1) is 12.2 Å². The summed E-state index contributed by atoms with van der Waals surface area (Å²) in [5, 5.41) is 3.11. The molecule has 0 unspecified atom stereocenters. The summed E-state index contributed by atoms with van der Waals surface area (Å²) < 4.78 is 0. The Kier molecular flexibility index (Phi) is 3.68. The number of amides is 1. The van der Waals surface area contributed by atoms with E-state index in [1.807, 2.05) is 24.9 Å². The summed E-state index contributed by atoms with van der Waals surface area (Å²) in [6, 6.07) is 2.33. The monoisotopic (exact) mass is 234 g/mol. The smallest absolute Gasteiger partial charge is 0.236 e. The van der Waals surface area contributed by atoms with Crippen molar-refractivity contribution in [3.05, 3.63) is 23.8 Å². The lowest BCUT2D eigenvalue weighted by molar-refractivity contribution is -0.129. The number of hydrogen-bond donors (Lipinski definition) is 1. The van der Waals surface area contributed by atoms with Crippen molar-refractivity contribution in [2.45, 2.75) is 32.4 Å². The predicted molar refractivity (Wildman–Crippen MR) is 64.3 cm³/mol. The van der Waals surface area contributed by atoms with Gasteiger partial charge in [0.2, 0.25) is 5.91 Å². The van der Waals surface area contributed by atoms with Crippen LogP contribution in [0, 0.1) is 6.92 Å². The second-order valence-corrected chi connectivity index (χ2v) is 4.43. The van der Waals surface area contributed by atoms with E-state index in [0.717, 1.165) is 24.4 Å². The van der Waals surface area contributed by atoms with Crippen LogP contribution in [0.25, 0.3) is 0 Å². The molecule has 92 valence electrons. The van der Waals surface area contributed by atoms with E-state index in [2.05, 4.69) is 15.3 Å². The quantitative estimate of drug-likeness (QED) is 0.806. The number of rotatable bonds is 5. The fourth-order valence-corrected chi connectivity index (χ4v) is 1.69. The van der Waals surface area contributed by atoms with Crippen molar-refractivity contribution in [3.63, 3.8) is 0 Å². The van der Waals surface area contributed by atoms with Crippen molar-refractivity contribution in [2.75, 3.05) is 13.6 Å². The highest BCUT2D eigenvalue weighted by molar-refractivity contribution is 5.78. The maximum atomic E-state index is 11.7. The van der Waals surface area contributed by atoms with E-state index in [0.29, 0.717) is 19.1 Å². The molecule has 1 aromatic heterocycles. The van der Waals surface area contributed by atoms with Gasteiger partial charge in [-0.15, -0.1) is 0 Å². The summed E-state index contributed by atoms with van der Waals surface area (Å²) in [7, 11) is 1.87. The third-order valence-electron chi connectivity index (χ3n) is 2.90. The number of likely N-dealkylation sites (N-methyl/N-ethyl adjacent to an activating group) is 1. The zero-order chi connectivity index (χ0) is 12.3. The van der Waals surface area contributed by atoms with E-state index < -0.39 is 0 Å². The zero-order valence-electron chi connectivity index (χ0n) is 10.3. The van der Waals surface area contributed by atoms with Crippen molar-refractivity contribution in [3.8, 4) is 0 Å². The molecule has 17 heavy (non-hydrogen) atoms. The van der Waals surface area contributed by atoms with Crippen LogP contribution in [0.5, 0.6) is 0 Å². The number of hydrogen-bond acceptors (Lipinski definition) is 4. The van der Waals surface area contributed by atoms with E-state index in [9.17, 15) is 4.79 Å². The first-order chi connectivity index (χ1) is 8.16. The minimum Gasteiger partial charge on any atom is -0.342 e. The summed E-state index contributed by atoms with van der Waals surface area (Å²) in [6.45, 7) is 2.83. The van der Waals surface area contributed by atoms with Gasteiger partial charge in [-0.25, -0.2) is 9.97 Å².